The number of carbonyl (C=O) groups is 3. The normalized spacial score (nSPS) is 22.5. The summed E-state index contributed by atoms with van der Waals surface area (Å²) in [4.78, 5) is 37.7. The van der Waals surface area contributed by atoms with Gasteiger partial charge in [-0.1, -0.05) is 5.16 Å². The van der Waals surface area contributed by atoms with Crippen molar-refractivity contribution in [3.05, 3.63) is 17.5 Å². The molecular weight excluding hydrogens is 278 g/mol. The predicted octanol–water partition coefficient (Wildman–Crippen LogP) is 0.355. The molecule has 0 bridgehead atoms. The first-order chi connectivity index (χ1) is 10.1. The fourth-order valence-electron chi connectivity index (χ4n) is 2.61. The van der Waals surface area contributed by atoms with Gasteiger partial charge in [0, 0.05) is 25.1 Å². The van der Waals surface area contributed by atoms with Gasteiger partial charge in [0.05, 0.1) is 6.04 Å². The maximum absolute atomic E-state index is 12.2. The lowest BCUT2D eigenvalue weighted by molar-refractivity contribution is -0.129. The van der Waals surface area contributed by atoms with Crippen molar-refractivity contribution >= 4 is 17.9 Å². The number of hydrogen-bond acceptors (Lipinski definition) is 6. The molecule has 0 radical (unpaired) electrons. The van der Waals surface area contributed by atoms with E-state index in [1.165, 1.54) is 4.90 Å². The van der Waals surface area contributed by atoms with E-state index in [2.05, 4.69) is 9.89 Å². The van der Waals surface area contributed by atoms with Crippen LogP contribution in [0.3, 0.4) is 0 Å². The van der Waals surface area contributed by atoms with E-state index in [1.54, 1.807) is 6.07 Å². The molecule has 8 heteroatoms. The average Bonchev–Trinajstić information content (AvgIpc) is 3.07. The van der Waals surface area contributed by atoms with Crippen molar-refractivity contribution < 1.29 is 23.6 Å². The van der Waals surface area contributed by atoms with Crippen LogP contribution in [0.15, 0.2) is 10.6 Å². The number of likely N-dealkylation sites (tertiary alicyclic amines) is 1. The Hall–Kier alpha value is -2.38. The summed E-state index contributed by atoms with van der Waals surface area (Å²) >= 11 is 0. The second-order valence-electron chi connectivity index (χ2n) is 5.57. The molecule has 1 aliphatic carbocycles. The van der Waals surface area contributed by atoms with E-state index in [0.717, 1.165) is 23.5 Å². The lowest BCUT2D eigenvalue weighted by Gasteiger charge is -2.41. The highest BCUT2D eigenvalue weighted by Gasteiger charge is 2.45. The van der Waals surface area contributed by atoms with Crippen LogP contribution < -0.4 is 0 Å². The van der Waals surface area contributed by atoms with Gasteiger partial charge < -0.3 is 14.2 Å². The molecule has 4 rings (SSSR count). The van der Waals surface area contributed by atoms with Crippen LogP contribution in [0.25, 0.3) is 0 Å². The third kappa shape index (κ3) is 1.98. The second kappa shape index (κ2) is 4.31. The van der Waals surface area contributed by atoms with Gasteiger partial charge in [-0.15, -0.1) is 0 Å². The van der Waals surface area contributed by atoms with Gasteiger partial charge >= 0.3 is 6.09 Å². The van der Waals surface area contributed by atoms with Crippen LogP contribution in [0.5, 0.6) is 0 Å². The summed E-state index contributed by atoms with van der Waals surface area (Å²) in [6.07, 6.45) is 1.52. The molecule has 3 heterocycles. The van der Waals surface area contributed by atoms with E-state index in [1.807, 2.05) is 0 Å². The molecule has 3 amide bonds. The van der Waals surface area contributed by atoms with Crippen molar-refractivity contribution in [3.8, 4) is 0 Å². The zero-order valence-corrected chi connectivity index (χ0v) is 11.2. The van der Waals surface area contributed by atoms with Gasteiger partial charge in [-0.25, -0.2) is 9.69 Å². The standard InChI is InChI=1S/C13H13N3O5/c17-11-6-20-13(19)16(11)8-4-15(5-8)12(18)9-3-10(21-14-9)7-1-2-7/h3,7-8H,1-2,4-6H2. The molecule has 3 fully saturated rings. The SMILES string of the molecule is O=C(c1cc(C2CC2)on1)N1CC(N2C(=O)COC2=O)C1. The smallest absolute Gasteiger partial charge is 0.417 e. The van der Waals surface area contributed by atoms with Gasteiger partial charge in [0.2, 0.25) is 0 Å². The van der Waals surface area contributed by atoms with Gasteiger partial charge in [-0.3, -0.25) is 9.59 Å². The van der Waals surface area contributed by atoms with Gasteiger partial charge in [-0.05, 0) is 12.8 Å². The Morgan fingerprint density at radius 1 is 1.29 bits per heavy atom. The van der Waals surface area contributed by atoms with E-state index in [4.69, 9.17) is 4.52 Å². The van der Waals surface area contributed by atoms with Crippen LogP contribution in [0, 0.1) is 0 Å². The topological polar surface area (TPSA) is 93.0 Å². The predicted molar refractivity (Wildman–Crippen MR) is 66.4 cm³/mol. The number of rotatable bonds is 3. The first-order valence-corrected chi connectivity index (χ1v) is 6.88. The minimum atomic E-state index is -0.630. The Bertz CT molecular complexity index is 614. The van der Waals surface area contributed by atoms with Crippen LogP contribution in [0.2, 0.25) is 0 Å². The van der Waals surface area contributed by atoms with E-state index >= 15 is 0 Å². The van der Waals surface area contributed by atoms with E-state index in [-0.39, 0.29) is 30.2 Å². The number of aromatic nitrogens is 1. The summed E-state index contributed by atoms with van der Waals surface area (Å²) in [7, 11) is 0. The van der Waals surface area contributed by atoms with E-state index < -0.39 is 6.09 Å². The molecule has 0 unspecified atom stereocenters. The van der Waals surface area contributed by atoms with Gasteiger partial charge in [0.15, 0.2) is 12.3 Å². The summed E-state index contributed by atoms with van der Waals surface area (Å²) in [6.45, 7) is 0.411. The third-order valence-corrected chi connectivity index (χ3v) is 4.03. The Kier molecular flexibility index (Phi) is 2.54. The Morgan fingerprint density at radius 3 is 2.67 bits per heavy atom. The fraction of sp³-hybridized carbons (Fsp3) is 0.538. The van der Waals surface area contributed by atoms with Gasteiger partial charge in [0.25, 0.3) is 11.8 Å². The zero-order valence-electron chi connectivity index (χ0n) is 11.2. The quantitative estimate of drug-likeness (QED) is 0.798. The first-order valence-electron chi connectivity index (χ1n) is 6.88. The number of carbonyl (C=O) groups excluding carboxylic acids is 3. The van der Waals surface area contributed by atoms with Crippen LogP contribution in [-0.2, 0) is 9.53 Å². The molecule has 2 aliphatic heterocycles. The summed E-state index contributed by atoms with van der Waals surface area (Å²) in [5.74, 6) is 0.574. The van der Waals surface area contributed by atoms with E-state index in [0.29, 0.717) is 19.0 Å². The number of amides is 3. The number of hydrogen-bond donors (Lipinski definition) is 0. The lowest BCUT2D eigenvalue weighted by atomic mass is 10.1. The molecule has 1 aromatic rings. The van der Waals surface area contributed by atoms with Crippen molar-refractivity contribution in [2.75, 3.05) is 19.7 Å². The maximum atomic E-state index is 12.2. The largest absolute Gasteiger partial charge is 0.439 e. The van der Waals surface area contributed by atoms with Gasteiger partial charge in [0.1, 0.15) is 5.76 Å². The molecule has 3 aliphatic rings. The lowest BCUT2D eigenvalue weighted by Crippen LogP contribution is -2.62. The summed E-state index contributed by atoms with van der Waals surface area (Å²) in [6, 6.07) is 1.38. The molecule has 2 saturated heterocycles. The summed E-state index contributed by atoms with van der Waals surface area (Å²) in [5, 5.41) is 3.79. The van der Waals surface area contributed by atoms with Crippen molar-refractivity contribution in [3.63, 3.8) is 0 Å². The number of nitrogens with zero attached hydrogens (tertiary/aromatic N) is 3. The molecule has 0 atom stereocenters. The van der Waals surface area contributed by atoms with Crippen LogP contribution in [-0.4, -0.2) is 58.6 Å². The first kappa shape index (κ1) is 12.4. The van der Waals surface area contributed by atoms with Crippen molar-refractivity contribution in [2.45, 2.75) is 24.8 Å². The summed E-state index contributed by atoms with van der Waals surface area (Å²) < 4.78 is 9.81. The third-order valence-electron chi connectivity index (χ3n) is 4.03. The molecule has 1 aromatic heterocycles. The molecule has 110 valence electrons. The maximum Gasteiger partial charge on any atom is 0.417 e. The number of cyclic esters (lactones) is 1. The zero-order chi connectivity index (χ0) is 14.6. The molecule has 0 N–H and O–H groups in total. The van der Waals surface area contributed by atoms with Crippen LogP contribution in [0.4, 0.5) is 4.79 Å². The second-order valence-corrected chi connectivity index (χ2v) is 5.57. The van der Waals surface area contributed by atoms with Crippen LogP contribution >= 0.6 is 0 Å². The molecule has 21 heavy (non-hydrogen) atoms. The average molecular weight is 291 g/mol. The van der Waals surface area contributed by atoms with Crippen molar-refractivity contribution in [2.24, 2.45) is 0 Å². The molecule has 8 nitrogen and oxygen atoms in total. The monoisotopic (exact) mass is 291 g/mol. The Morgan fingerprint density at radius 2 is 2.05 bits per heavy atom. The molecule has 1 saturated carbocycles. The molecule has 0 spiro atoms. The number of imide groups is 1. The Labute approximate surface area is 119 Å². The highest BCUT2D eigenvalue weighted by molar-refractivity contribution is 5.99. The van der Waals surface area contributed by atoms with Crippen molar-refractivity contribution in [1.29, 1.82) is 0 Å². The summed E-state index contributed by atoms with van der Waals surface area (Å²) in [5.41, 5.74) is 0.283. The van der Waals surface area contributed by atoms with E-state index in [9.17, 15) is 14.4 Å². The minimum absolute atomic E-state index is 0.211. The Balaban J connectivity index is 1.39. The number of ether oxygens (including phenoxy) is 1. The molecule has 0 aromatic carbocycles. The highest BCUT2D eigenvalue weighted by Crippen LogP contribution is 2.40. The van der Waals surface area contributed by atoms with Crippen LogP contribution in [0.1, 0.15) is 35.0 Å². The highest BCUT2D eigenvalue weighted by atomic mass is 16.6. The van der Waals surface area contributed by atoms with Gasteiger partial charge in [-0.2, -0.15) is 0 Å². The minimum Gasteiger partial charge on any atom is -0.439 e. The molecular formula is C13H13N3O5. The van der Waals surface area contributed by atoms with Crippen molar-refractivity contribution in [1.82, 2.24) is 15.0 Å². The fourth-order valence-corrected chi connectivity index (χ4v) is 2.61.